The van der Waals surface area contributed by atoms with Crippen LogP contribution in [0.5, 0.6) is 0 Å². The second-order valence-electron chi connectivity index (χ2n) is 3.33. The average molecular weight is 193 g/mol. The Morgan fingerprint density at radius 1 is 1.64 bits per heavy atom. The number of carbonyl (C=O) groups excluding carboxylic acids is 1. The largest absolute Gasteiger partial charge is 0.469 e. The van der Waals surface area contributed by atoms with Crippen molar-refractivity contribution in [2.75, 3.05) is 12.8 Å². The summed E-state index contributed by atoms with van der Waals surface area (Å²) in [6.07, 6.45) is 2.94. The van der Waals surface area contributed by atoms with Gasteiger partial charge in [0.15, 0.2) is 0 Å². The maximum absolute atomic E-state index is 11.3. The second-order valence-corrected chi connectivity index (χ2v) is 3.33. The molecular formula is C9H11N3O2. The van der Waals surface area contributed by atoms with E-state index >= 15 is 0 Å². The van der Waals surface area contributed by atoms with Crippen LogP contribution in [0.3, 0.4) is 0 Å². The minimum Gasteiger partial charge on any atom is -0.469 e. The molecular weight excluding hydrogens is 182 g/mol. The highest BCUT2D eigenvalue weighted by atomic mass is 16.5. The molecule has 1 atom stereocenters. The van der Waals surface area contributed by atoms with Crippen LogP contribution < -0.4 is 5.73 Å². The predicted molar refractivity (Wildman–Crippen MR) is 49.4 cm³/mol. The zero-order valence-electron chi connectivity index (χ0n) is 7.86. The summed E-state index contributed by atoms with van der Waals surface area (Å²) in [4.78, 5) is 19.2. The van der Waals surface area contributed by atoms with Gasteiger partial charge in [-0.15, -0.1) is 0 Å². The van der Waals surface area contributed by atoms with Gasteiger partial charge in [-0.1, -0.05) is 0 Å². The number of rotatable bonds is 1. The fourth-order valence-electron chi connectivity index (χ4n) is 1.71. The van der Waals surface area contributed by atoms with Gasteiger partial charge in [0.25, 0.3) is 0 Å². The zero-order valence-corrected chi connectivity index (χ0v) is 7.86. The highest BCUT2D eigenvalue weighted by molar-refractivity contribution is 5.74. The fourth-order valence-corrected chi connectivity index (χ4v) is 1.71. The van der Waals surface area contributed by atoms with E-state index in [1.165, 1.54) is 7.11 Å². The number of nitrogen functional groups attached to an aromatic ring is 1. The number of anilines is 1. The molecule has 1 aliphatic rings. The number of hydrogen-bond acceptors (Lipinski definition) is 5. The van der Waals surface area contributed by atoms with E-state index in [9.17, 15) is 4.79 Å². The molecule has 0 amide bonds. The van der Waals surface area contributed by atoms with Gasteiger partial charge in [0.1, 0.15) is 0 Å². The zero-order chi connectivity index (χ0) is 10.1. The lowest BCUT2D eigenvalue weighted by molar-refractivity contribution is -0.145. The van der Waals surface area contributed by atoms with Gasteiger partial charge in [-0.05, 0) is 12.0 Å². The Morgan fingerprint density at radius 3 is 3.14 bits per heavy atom. The van der Waals surface area contributed by atoms with Crippen LogP contribution >= 0.6 is 0 Å². The third-order valence-electron chi connectivity index (χ3n) is 2.41. The van der Waals surface area contributed by atoms with Crippen molar-refractivity contribution in [1.29, 1.82) is 0 Å². The van der Waals surface area contributed by atoms with Crippen LogP contribution in [0.2, 0.25) is 0 Å². The third kappa shape index (κ3) is 1.41. The Morgan fingerprint density at radius 2 is 2.43 bits per heavy atom. The van der Waals surface area contributed by atoms with Gasteiger partial charge < -0.3 is 10.5 Å². The van der Waals surface area contributed by atoms with Gasteiger partial charge in [-0.3, -0.25) is 4.79 Å². The summed E-state index contributed by atoms with van der Waals surface area (Å²) in [5, 5.41) is 0. The van der Waals surface area contributed by atoms with Gasteiger partial charge >= 0.3 is 5.97 Å². The van der Waals surface area contributed by atoms with Crippen molar-refractivity contribution in [2.45, 2.75) is 12.8 Å². The Kier molecular flexibility index (Phi) is 2.07. The third-order valence-corrected chi connectivity index (χ3v) is 2.41. The van der Waals surface area contributed by atoms with Crippen molar-refractivity contribution in [2.24, 2.45) is 5.92 Å². The molecule has 0 radical (unpaired) electrons. The minimum absolute atomic E-state index is 0.119. The normalized spacial score (nSPS) is 19.1. The number of hydrogen-bond donors (Lipinski definition) is 1. The van der Waals surface area contributed by atoms with Crippen molar-refractivity contribution in [1.82, 2.24) is 9.97 Å². The number of aromatic nitrogens is 2. The topological polar surface area (TPSA) is 78.1 Å². The molecule has 0 aromatic carbocycles. The number of methoxy groups -OCH3 is 1. The molecule has 1 heterocycles. The van der Waals surface area contributed by atoms with Crippen molar-refractivity contribution >= 4 is 11.9 Å². The lowest BCUT2D eigenvalue weighted by Gasteiger charge is -2.03. The van der Waals surface area contributed by atoms with E-state index in [4.69, 9.17) is 5.73 Å². The van der Waals surface area contributed by atoms with Crippen LogP contribution in [0.4, 0.5) is 5.95 Å². The molecule has 14 heavy (non-hydrogen) atoms. The highest BCUT2D eigenvalue weighted by Gasteiger charge is 2.29. The van der Waals surface area contributed by atoms with E-state index in [1.807, 2.05) is 0 Å². The van der Waals surface area contributed by atoms with Gasteiger partial charge in [0.2, 0.25) is 5.95 Å². The number of ether oxygens (including phenoxy) is 1. The molecule has 0 spiro atoms. The molecule has 5 heteroatoms. The lowest BCUT2D eigenvalue weighted by Crippen LogP contribution is -2.16. The Hall–Kier alpha value is -1.65. The summed E-state index contributed by atoms with van der Waals surface area (Å²) in [6.45, 7) is 0. The maximum atomic E-state index is 11.3. The smallest absolute Gasteiger partial charge is 0.309 e. The van der Waals surface area contributed by atoms with Crippen LogP contribution in [-0.2, 0) is 22.4 Å². The number of nitrogens with zero attached hydrogens (tertiary/aromatic N) is 2. The Labute approximate surface area is 81.3 Å². The number of esters is 1. The molecule has 1 unspecified atom stereocenters. The summed E-state index contributed by atoms with van der Waals surface area (Å²) < 4.78 is 4.68. The molecule has 5 nitrogen and oxygen atoms in total. The maximum Gasteiger partial charge on any atom is 0.309 e. The minimum atomic E-state index is -0.193. The van der Waals surface area contributed by atoms with Gasteiger partial charge in [0, 0.05) is 12.6 Å². The van der Waals surface area contributed by atoms with E-state index in [1.54, 1.807) is 6.20 Å². The van der Waals surface area contributed by atoms with Crippen LogP contribution in [0.15, 0.2) is 6.20 Å². The first-order valence-electron chi connectivity index (χ1n) is 4.39. The molecule has 1 aromatic heterocycles. The predicted octanol–water partition coefficient (Wildman–Crippen LogP) is -0.0534. The first-order chi connectivity index (χ1) is 6.70. The summed E-state index contributed by atoms with van der Waals surface area (Å²) in [5.41, 5.74) is 7.31. The summed E-state index contributed by atoms with van der Waals surface area (Å²) >= 11 is 0. The first-order valence-corrected chi connectivity index (χ1v) is 4.39. The van der Waals surface area contributed by atoms with Crippen LogP contribution in [-0.4, -0.2) is 23.0 Å². The molecule has 1 aliphatic carbocycles. The van der Waals surface area contributed by atoms with Gasteiger partial charge in [-0.25, -0.2) is 9.97 Å². The standard InChI is InChI=1S/C9H11N3O2/c1-14-8(13)5-2-6-4-11-9(10)12-7(6)3-5/h4-5H,2-3H2,1H3,(H2,10,11,12). The second kappa shape index (κ2) is 3.25. The highest BCUT2D eigenvalue weighted by Crippen LogP contribution is 2.25. The number of carbonyl (C=O) groups is 1. The van der Waals surface area contributed by atoms with Crippen LogP contribution in [0.25, 0.3) is 0 Å². The van der Waals surface area contributed by atoms with Crippen molar-refractivity contribution in [3.63, 3.8) is 0 Å². The van der Waals surface area contributed by atoms with E-state index in [0.29, 0.717) is 12.8 Å². The molecule has 0 fully saturated rings. The van der Waals surface area contributed by atoms with E-state index in [-0.39, 0.29) is 17.8 Å². The monoisotopic (exact) mass is 193 g/mol. The number of nitrogens with two attached hydrogens (primary N) is 1. The van der Waals surface area contributed by atoms with E-state index < -0.39 is 0 Å². The SMILES string of the molecule is COC(=O)C1Cc2cnc(N)nc2C1. The quantitative estimate of drug-likeness (QED) is 0.632. The first kappa shape index (κ1) is 8.93. The van der Waals surface area contributed by atoms with Crippen LogP contribution in [0, 0.1) is 5.92 Å². The molecule has 74 valence electrons. The van der Waals surface area contributed by atoms with Crippen molar-refractivity contribution in [3.8, 4) is 0 Å². The van der Waals surface area contributed by atoms with Crippen LogP contribution in [0.1, 0.15) is 11.3 Å². The molecule has 0 aliphatic heterocycles. The van der Waals surface area contributed by atoms with Crippen molar-refractivity contribution < 1.29 is 9.53 Å². The molecule has 2 N–H and O–H groups in total. The summed E-state index contributed by atoms with van der Waals surface area (Å²) in [6, 6.07) is 0. The van der Waals surface area contributed by atoms with Gasteiger partial charge in [0.05, 0.1) is 18.7 Å². The Bertz CT molecular complexity index is 378. The molecule has 0 saturated carbocycles. The molecule has 0 bridgehead atoms. The summed E-state index contributed by atoms with van der Waals surface area (Å²) in [5.74, 6) is -0.0538. The Balaban J connectivity index is 2.22. The fraction of sp³-hybridized carbons (Fsp3) is 0.444. The lowest BCUT2D eigenvalue weighted by atomic mass is 10.1. The van der Waals surface area contributed by atoms with Gasteiger partial charge in [-0.2, -0.15) is 0 Å². The molecule has 0 saturated heterocycles. The average Bonchev–Trinajstić information content (AvgIpc) is 2.59. The van der Waals surface area contributed by atoms with Crippen molar-refractivity contribution in [3.05, 3.63) is 17.5 Å². The number of fused-ring (bicyclic) bond motifs is 1. The summed E-state index contributed by atoms with van der Waals surface area (Å²) in [7, 11) is 1.39. The van der Waals surface area contributed by atoms with E-state index in [0.717, 1.165) is 11.3 Å². The van der Waals surface area contributed by atoms with E-state index in [2.05, 4.69) is 14.7 Å². The molecule has 2 rings (SSSR count). The molecule has 1 aromatic rings.